The summed E-state index contributed by atoms with van der Waals surface area (Å²) in [6.45, 7) is 8.28. The molecule has 0 aliphatic carbocycles. The quantitative estimate of drug-likeness (QED) is 0.134. The Morgan fingerprint density at radius 2 is 0.769 bits per heavy atom. The molecule has 0 atom stereocenters. The molecule has 7 heteroatoms. The van der Waals surface area contributed by atoms with Crippen molar-refractivity contribution in [1.29, 1.82) is 0 Å². The summed E-state index contributed by atoms with van der Waals surface area (Å²) in [6, 6.07) is 59.9. The highest BCUT2D eigenvalue weighted by Gasteiger charge is 2.51. The lowest BCUT2D eigenvalue weighted by Gasteiger charge is -2.34. The van der Waals surface area contributed by atoms with Crippen molar-refractivity contribution in [3.63, 3.8) is 0 Å². The molecule has 0 spiro atoms. The van der Waals surface area contributed by atoms with Gasteiger partial charge in [0.05, 0.1) is 11.2 Å². The van der Waals surface area contributed by atoms with Crippen molar-refractivity contribution in [2.45, 2.75) is 38.9 Å². The Morgan fingerprint density at radius 3 is 1.25 bits per heavy atom. The summed E-state index contributed by atoms with van der Waals surface area (Å²) >= 11 is 0. The molecule has 0 N–H and O–H groups in total. The summed E-state index contributed by atoms with van der Waals surface area (Å²) in [5, 5.41) is 5.18. The number of rotatable bonds is 8. The van der Waals surface area contributed by atoms with Gasteiger partial charge in [0.1, 0.15) is 0 Å². The molecule has 254 valence electrons. The molecular formula is C45H40BN3O2Si. The molecule has 1 saturated heterocycles. The van der Waals surface area contributed by atoms with Crippen LogP contribution < -0.4 is 26.2 Å². The van der Waals surface area contributed by atoms with Gasteiger partial charge >= 0.3 is 7.12 Å². The normalized spacial score (nSPS) is 15.0. The third kappa shape index (κ3) is 6.11. The summed E-state index contributed by atoms with van der Waals surface area (Å²) in [4.78, 5) is 15.3. The highest BCUT2D eigenvalue weighted by atomic mass is 28.3. The number of hydrogen-bond donors (Lipinski definition) is 0. The van der Waals surface area contributed by atoms with Gasteiger partial charge in [0.25, 0.3) is 0 Å². The van der Waals surface area contributed by atoms with Gasteiger partial charge in [-0.3, -0.25) is 0 Å². The van der Waals surface area contributed by atoms with Crippen LogP contribution in [-0.2, 0) is 9.31 Å². The lowest BCUT2D eigenvalue weighted by Crippen LogP contribution is -2.74. The first-order chi connectivity index (χ1) is 25.2. The Morgan fingerprint density at radius 1 is 0.404 bits per heavy atom. The summed E-state index contributed by atoms with van der Waals surface area (Å²) in [5.74, 6) is 1.82. The van der Waals surface area contributed by atoms with Crippen LogP contribution in [-0.4, -0.2) is 41.3 Å². The second-order valence-electron chi connectivity index (χ2n) is 14.3. The van der Waals surface area contributed by atoms with Crippen LogP contribution in [0.5, 0.6) is 0 Å². The molecule has 0 radical (unpaired) electrons. The van der Waals surface area contributed by atoms with E-state index in [2.05, 4.69) is 149 Å². The molecule has 1 aliphatic rings. The highest BCUT2D eigenvalue weighted by molar-refractivity contribution is 7.19. The predicted octanol–water partition coefficient (Wildman–Crippen LogP) is 6.55. The second kappa shape index (κ2) is 13.6. The Kier molecular flexibility index (Phi) is 8.79. The average Bonchev–Trinajstić information content (AvgIpc) is 3.42. The van der Waals surface area contributed by atoms with E-state index in [1.165, 1.54) is 20.7 Å². The Balaban J connectivity index is 1.31. The maximum absolute atomic E-state index is 6.41. The fourth-order valence-electron chi connectivity index (χ4n) is 7.11. The predicted molar refractivity (Wildman–Crippen MR) is 215 cm³/mol. The molecule has 52 heavy (non-hydrogen) atoms. The molecule has 1 aliphatic heterocycles. The molecule has 2 heterocycles. The lowest BCUT2D eigenvalue weighted by atomic mass is 9.78. The van der Waals surface area contributed by atoms with Crippen LogP contribution >= 0.6 is 0 Å². The molecule has 8 rings (SSSR count). The Hall–Kier alpha value is -5.47. The monoisotopic (exact) mass is 693 g/mol. The van der Waals surface area contributed by atoms with Crippen molar-refractivity contribution in [3.05, 3.63) is 170 Å². The van der Waals surface area contributed by atoms with Crippen molar-refractivity contribution in [1.82, 2.24) is 15.0 Å². The lowest BCUT2D eigenvalue weighted by molar-refractivity contribution is 0.00578. The maximum atomic E-state index is 6.41. The van der Waals surface area contributed by atoms with Crippen molar-refractivity contribution in [2.24, 2.45) is 0 Å². The molecule has 5 nitrogen and oxygen atoms in total. The van der Waals surface area contributed by atoms with E-state index >= 15 is 0 Å². The van der Waals surface area contributed by atoms with E-state index < -0.39 is 26.4 Å². The Labute approximate surface area is 307 Å². The third-order valence-electron chi connectivity index (χ3n) is 10.5. The maximum Gasteiger partial charge on any atom is 0.494 e. The molecular weight excluding hydrogens is 653 g/mol. The average molecular weight is 694 g/mol. The smallest absolute Gasteiger partial charge is 0.399 e. The van der Waals surface area contributed by atoms with Gasteiger partial charge in [-0.05, 0) is 53.9 Å². The van der Waals surface area contributed by atoms with Gasteiger partial charge in [-0.15, -0.1) is 0 Å². The summed E-state index contributed by atoms with van der Waals surface area (Å²) in [7, 11) is -3.26. The van der Waals surface area contributed by atoms with Crippen molar-refractivity contribution >= 4 is 41.4 Å². The SMILES string of the molecule is CC1(C)OB(c2cccc(-c3nc(-c4ccccc4)nc(-c4cccc([Si](c5ccccc5)(c5ccccc5)c5ccccc5)c4)n3)c2)OC1(C)C. The molecule has 1 fully saturated rings. The number of aromatic nitrogens is 3. The van der Waals surface area contributed by atoms with E-state index in [1.54, 1.807) is 0 Å². The highest BCUT2D eigenvalue weighted by Crippen LogP contribution is 2.36. The van der Waals surface area contributed by atoms with Crippen molar-refractivity contribution < 1.29 is 9.31 Å². The van der Waals surface area contributed by atoms with E-state index in [-0.39, 0.29) is 0 Å². The molecule has 0 saturated carbocycles. The topological polar surface area (TPSA) is 57.1 Å². The van der Waals surface area contributed by atoms with Gasteiger partial charge in [-0.25, -0.2) is 15.0 Å². The summed E-state index contributed by atoms with van der Waals surface area (Å²) < 4.78 is 12.8. The van der Waals surface area contributed by atoms with Gasteiger partial charge in [0, 0.05) is 16.7 Å². The van der Waals surface area contributed by atoms with Crippen LogP contribution in [0.3, 0.4) is 0 Å². The van der Waals surface area contributed by atoms with Gasteiger partial charge in [-0.2, -0.15) is 0 Å². The van der Waals surface area contributed by atoms with Gasteiger partial charge in [-0.1, -0.05) is 170 Å². The van der Waals surface area contributed by atoms with Gasteiger partial charge in [0.15, 0.2) is 25.5 Å². The van der Waals surface area contributed by atoms with Crippen LogP contribution in [0.1, 0.15) is 27.7 Å². The molecule has 1 aromatic heterocycles. The first-order valence-corrected chi connectivity index (χ1v) is 19.8. The van der Waals surface area contributed by atoms with Crippen molar-refractivity contribution in [3.8, 4) is 34.2 Å². The van der Waals surface area contributed by atoms with Crippen LogP contribution in [0.25, 0.3) is 34.2 Å². The third-order valence-corrected chi connectivity index (χ3v) is 15.3. The first kappa shape index (κ1) is 33.7. The second-order valence-corrected chi connectivity index (χ2v) is 18.1. The minimum Gasteiger partial charge on any atom is -0.399 e. The van der Waals surface area contributed by atoms with Crippen LogP contribution in [0.4, 0.5) is 0 Å². The zero-order chi connectivity index (χ0) is 35.8. The van der Waals surface area contributed by atoms with Gasteiger partial charge in [0.2, 0.25) is 0 Å². The fourth-order valence-corrected chi connectivity index (χ4v) is 11.9. The molecule has 0 bridgehead atoms. The summed E-state index contributed by atoms with van der Waals surface area (Å²) in [5.41, 5.74) is 2.75. The molecule has 7 aromatic rings. The molecule has 0 unspecified atom stereocenters. The first-order valence-electron chi connectivity index (χ1n) is 17.8. The number of nitrogens with zero attached hydrogens (tertiary/aromatic N) is 3. The van der Waals surface area contributed by atoms with E-state index in [9.17, 15) is 0 Å². The molecule has 6 aromatic carbocycles. The van der Waals surface area contributed by atoms with E-state index in [4.69, 9.17) is 24.3 Å². The zero-order valence-corrected chi connectivity index (χ0v) is 30.9. The van der Waals surface area contributed by atoms with E-state index in [1.807, 2.05) is 48.5 Å². The minimum absolute atomic E-state index is 0.447. The minimum atomic E-state index is -2.76. The van der Waals surface area contributed by atoms with Crippen LogP contribution in [0.15, 0.2) is 170 Å². The standard InChI is InChI=1S/C45H40BN3O2Si/c1-44(2)45(3,4)51-46(50-44)36-23-17-21-34(31-36)42-47-41(33-19-9-5-10-20-33)48-43(49-42)35-22-18-30-40(32-35)52(37-24-11-6-12-25-37,38-26-13-7-14-27-38)39-28-15-8-16-29-39/h5-32H,1-4H3. The molecule has 0 amide bonds. The fraction of sp³-hybridized carbons (Fsp3) is 0.133. The Bertz CT molecular complexity index is 2210. The number of benzene rings is 6. The zero-order valence-electron chi connectivity index (χ0n) is 29.9. The number of hydrogen-bond acceptors (Lipinski definition) is 5. The van der Waals surface area contributed by atoms with E-state index in [0.717, 1.165) is 22.2 Å². The summed E-state index contributed by atoms with van der Waals surface area (Å²) in [6.07, 6.45) is 0. The van der Waals surface area contributed by atoms with Crippen LogP contribution in [0.2, 0.25) is 0 Å². The van der Waals surface area contributed by atoms with Crippen LogP contribution in [0, 0.1) is 0 Å². The van der Waals surface area contributed by atoms with Gasteiger partial charge < -0.3 is 9.31 Å². The van der Waals surface area contributed by atoms with E-state index in [0.29, 0.717) is 17.5 Å². The largest absolute Gasteiger partial charge is 0.494 e. The van der Waals surface area contributed by atoms with Crippen molar-refractivity contribution in [2.75, 3.05) is 0 Å².